The van der Waals surface area contributed by atoms with Gasteiger partial charge in [0.05, 0.1) is 17.3 Å². The summed E-state index contributed by atoms with van der Waals surface area (Å²) < 4.78 is 6.48. The van der Waals surface area contributed by atoms with Crippen molar-refractivity contribution in [3.05, 3.63) is 47.4 Å². The van der Waals surface area contributed by atoms with Crippen molar-refractivity contribution < 1.29 is 4.42 Å². The minimum Gasteiger partial charge on any atom is -0.472 e. The highest BCUT2D eigenvalue weighted by atomic mass is 35.5. The third-order valence-electron chi connectivity index (χ3n) is 3.07. The van der Waals surface area contributed by atoms with Gasteiger partial charge in [-0.2, -0.15) is 4.52 Å². The zero-order valence-corrected chi connectivity index (χ0v) is 10.8. The predicted molar refractivity (Wildman–Crippen MR) is 73.4 cm³/mol. The molecular weight excluding hydrogens is 278 g/mol. The van der Waals surface area contributed by atoms with Gasteiger partial charge in [-0.3, -0.25) is 5.41 Å². The molecule has 4 aromatic rings. The normalized spacial score (nSPS) is 11.4. The SMILES string of the molecule is N=c1[nH]c2ccc(Cl)cc2c2nc(-c3ccoc3)nn12. The molecule has 6 nitrogen and oxygen atoms in total. The van der Waals surface area contributed by atoms with Crippen molar-refractivity contribution >= 4 is 28.2 Å². The number of furan rings is 1. The van der Waals surface area contributed by atoms with Gasteiger partial charge >= 0.3 is 0 Å². The van der Waals surface area contributed by atoms with Crippen molar-refractivity contribution in [3.63, 3.8) is 0 Å². The number of H-pyrrole nitrogens is 1. The van der Waals surface area contributed by atoms with Crippen LogP contribution in [0.5, 0.6) is 0 Å². The van der Waals surface area contributed by atoms with Crippen molar-refractivity contribution in [1.82, 2.24) is 19.6 Å². The van der Waals surface area contributed by atoms with Gasteiger partial charge in [-0.05, 0) is 24.3 Å². The molecule has 3 heterocycles. The van der Waals surface area contributed by atoms with E-state index in [1.165, 1.54) is 4.52 Å². The first kappa shape index (κ1) is 11.2. The van der Waals surface area contributed by atoms with Crippen LogP contribution >= 0.6 is 11.6 Å². The quantitative estimate of drug-likeness (QED) is 0.564. The lowest BCUT2D eigenvalue weighted by molar-refractivity contribution is 0.568. The predicted octanol–water partition coefficient (Wildman–Crippen LogP) is 2.60. The number of rotatable bonds is 1. The molecule has 0 spiro atoms. The molecule has 0 fully saturated rings. The molecule has 4 rings (SSSR count). The number of hydrogen-bond acceptors (Lipinski definition) is 4. The maximum Gasteiger partial charge on any atom is 0.222 e. The van der Waals surface area contributed by atoms with Crippen molar-refractivity contribution in [2.24, 2.45) is 0 Å². The van der Waals surface area contributed by atoms with Gasteiger partial charge in [0.1, 0.15) is 6.26 Å². The average molecular weight is 286 g/mol. The fourth-order valence-corrected chi connectivity index (χ4v) is 2.32. The summed E-state index contributed by atoms with van der Waals surface area (Å²) >= 11 is 6.03. The molecule has 0 amide bonds. The second-order valence-electron chi connectivity index (χ2n) is 4.35. The van der Waals surface area contributed by atoms with Crippen LogP contribution in [0, 0.1) is 5.41 Å². The number of hydrogen-bond donors (Lipinski definition) is 2. The van der Waals surface area contributed by atoms with E-state index in [2.05, 4.69) is 15.1 Å². The first-order chi connectivity index (χ1) is 9.72. The van der Waals surface area contributed by atoms with Gasteiger partial charge in [0.2, 0.25) is 5.62 Å². The zero-order valence-electron chi connectivity index (χ0n) is 10.1. The number of aromatic nitrogens is 4. The van der Waals surface area contributed by atoms with Gasteiger partial charge in [0.15, 0.2) is 11.5 Å². The number of fused-ring (bicyclic) bond motifs is 3. The highest BCUT2D eigenvalue weighted by molar-refractivity contribution is 6.31. The van der Waals surface area contributed by atoms with E-state index in [1.807, 2.05) is 6.07 Å². The Balaban J connectivity index is 2.15. The molecule has 98 valence electrons. The topological polar surface area (TPSA) is 83.0 Å². The lowest BCUT2D eigenvalue weighted by Crippen LogP contribution is -2.17. The lowest BCUT2D eigenvalue weighted by Gasteiger charge is -2.00. The second-order valence-corrected chi connectivity index (χ2v) is 4.78. The van der Waals surface area contributed by atoms with Gasteiger partial charge in [0.25, 0.3) is 0 Å². The fourth-order valence-electron chi connectivity index (χ4n) is 2.15. The van der Waals surface area contributed by atoms with E-state index in [9.17, 15) is 0 Å². The molecule has 0 radical (unpaired) electrons. The maximum absolute atomic E-state index is 7.99. The molecule has 0 saturated carbocycles. The van der Waals surface area contributed by atoms with E-state index in [4.69, 9.17) is 21.4 Å². The molecule has 3 aromatic heterocycles. The summed E-state index contributed by atoms with van der Waals surface area (Å²) in [5.74, 6) is 0.508. The number of benzene rings is 1. The van der Waals surface area contributed by atoms with Crippen LogP contribution in [0.4, 0.5) is 0 Å². The van der Waals surface area contributed by atoms with Crippen molar-refractivity contribution in [3.8, 4) is 11.4 Å². The molecule has 0 aliphatic heterocycles. The molecule has 20 heavy (non-hydrogen) atoms. The Labute approximate surface area is 117 Å². The van der Waals surface area contributed by atoms with Crippen molar-refractivity contribution in [2.75, 3.05) is 0 Å². The summed E-state index contributed by atoms with van der Waals surface area (Å²) in [6.45, 7) is 0. The number of halogens is 1. The standard InChI is InChI=1S/C13H8ClN5O/c14-8-1-2-10-9(5-8)12-17-11(7-3-4-20-6-7)18-19(12)13(15)16-10/h1-6H,(H2,15,16). The molecule has 2 N–H and O–H groups in total. The van der Waals surface area contributed by atoms with Crippen LogP contribution in [0.1, 0.15) is 0 Å². The lowest BCUT2D eigenvalue weighted by atomic mass is 10.2. The smallest absolute Gasteiger partial charge is 0.222 e. The maximum atomic E-state index is 7.99. The minimum atomic E-state index is 0.150. The Bertz CT molecular complexity index is 983. The van der Waals surface area contributed by atoms with Crippen LogP contribution in [0.25, 0.3) is 27.9 Å². The van der Waals surface area contributed by atoms with E-state index in [-0.39, 0.29) is 5.62 Å². The van der Waals surface area contributed by atoms with Crippen molar-refractivity contribution in [1.29, 1.82) is 5.41 Å². The highest BCUT2D eigenvalue weighted by Crippen LogP contribution is 2.22. The van der Waals surface area contributed by atoms with Crippen LogP contribution in [0.2, 0.25) is 5.02 Å². The second kappa shape index (κ2) is 3.94. The van der Waals surface area contributed by atoms with Crippen LogP contribution in [-0.2, 0) is 0 Å². The van der Waals surface area contributed by atoms with E-state index >= 15 is 0 Å². The molecule has 0 bridgehead atoms. The third kappa shape index (κ3) is 1.55. The Kier molecular flexibility index (Phi) is 2.22. The largest absolute Gasteiger partial charge is 0.472 e. The van der Waals surface area contributed by atoms with Crippen LogP contribution < -0.4 is 5.62 Å². The molecule has 7 heteroatoms. The summed E-state index contributed by atoms with van der Waals surface area (Å²) in [4.78, 5) is 7.44. The van der Waals surface area contributed by atoms with Gasteiger partial charge in [-0.15, -0.1) is 5.10 Å². The third-order valence-corrected chi connectivity index (χ3v) is 3.31. The molecule has 0 unspecified atom stereocenters. The van der Waals surface area contributed by atoms with Gasteiger partial charge in [-0.25, -0.2) is 4.98 Å². The van der Waals surface area contributed by atoms with Gasteiger partial charge in [0, 0.05) is 10.4 Å². The molecule has 0 saturated heterocycles. The molecule has 0 aliphatic carbocycles. The summed E-state index contributed by atoms with van der Waals surface area (Å²) in [5, 5.41) is 13.7. The Morgan fingerprint density at radius 2 is 2.20 bits per heavy atom. The first-order valence-corrected chi connectivity index (χ1v) is 6.26. The van der Waals surface area contributed by atoms with E-state index in [0.717, 1.165) is 16.5 Å². The summed E-state index contributed by atoms with van der Waals surface area (Å²) in [7, 11) is 0. The molecular formula is C13H8ClN5O. The van der Waals surface area contributed by atoms with Crippen LogP contribution in [-0.4, -0.2) is 19.6 Å². The first-order valence-electron chi connectivity index (χ1n) is 5.88. The zero-order chi connectivity index (χ0) is 13.7. The van der Waals surface area contributed by atoms with Gasteiger partial charge in [-0.1, -0.05) is 11.6 Å². The molecule has 1 aromatic carbocycles. The highest BCUT2D eigenvalue weighted by Gasteiger charge is 2.12. The summed E-state index contributed by atoms with van der Waals surface area (Å²) in [5.41, 5.74) is 2.29. The average Bonchev–Trinajstić information content (AvgIpc) is 3.08. The number of aromatic amines is 1. The van der Waals surface area contributed by atoms with Gasteiger partial charge < -0.3 is 9.40 Å². The monoisotopic (exact) mass is 285 g/mol. The van der Waals surface area contributed by atoms with Crippen molar-refractivity contribution in [2.45, 2.75) is 0 Å². The van der Waals surface area contributed by atoms with E-state index in [1.54, 1.807) is 30.7 Å². The van der Waals surface area contributed by atoms with E-state index < -0.39 is 0 Å². The Morgan fingerprint density at radius 3 is 3.00 bits per heavy atom. The fraction of sp³-hybridized carbons (Fsp3) is 0. The molecule has 0 aliphatic rings. The Hall–Kier alpha value is -2.60. The summed E-state index contributed by atoms with van der Waals surface area (Å²) in [6, 6.07) is 7.17. The number of nitrogens with one attached hydrogen (secondary N) is 2. The minimum absolute atomic E-state index is 0.150. The Morgan fingerprint density at radius 1 is 1.30 bits per heavy atom. The summed E-state index contributed by atoms with van der Waals surface area (Å²) in [6.07, 6.45) is 3.13. The van der Waals surface area contributed by atoms with Crippen LogP contribution in [0.15, 0.2) is 41.2 Å². The molecule has 0 atom stereocenters. The number of nitrogens with zero attached hydrogens (tertiary/aromatic N) is 3. The van der Waals surface area contributed by atoms with E-state index in [0.29, 0.717) is 16.5 Å². The van der Waals surface area contributed by atoms with Crippen LogP contribution in [0.3, 0.4) is 0 Å².